The first kappa shape index (κ1) is 12.6. The lowest BCUT2D eigenvalue weighted by atomic mass is 10.1. The fourth-order valence-electron chi connectivity index (χ4n) is 1.84. The molecule has 0 N–H and O–H groups in total. The van der Waals surface area contributed by atoms with Gasteiger partial charge in [-0.2, -0.15) is 0 Å². The van der Waals surface area contributed by atoms with Crippen LogP contribution in [0.1, 0.15) is 29.9 Å². The van der Waals surface area contributed by atoms with E-state index in [1.807, 2.05) is 45.0 Å². The van der Waals surface area contributed by atoms with Gasteiger partial charge in [0.15, 0.2) is 0 Å². The quantitative estimate of drug-likeness (QED) is 0.776. The fourth-order valence-corrected chi connectivity index (χ4v) is 1.84. The second-order valence-corrected chi connectivity index (χ2v) is 4.80. The van der Waals surface area contributed by atoms with Crippen LogP contribution in [-0.4, -0.2) is 17.6 Å². The smallest absolute Gasteiger partial charge is 0.340 e. The van der Waals surface area contributed by atoms with E-state index in [0.717, 1.165) is 10.8 Å². The molecule has 3 heteroatoms. The van der Waals surface area contributed by atoms with Gasteiger partial charge in [0, 0.05) is 11.6 Å². The van der Waals surface area contributed by atoms with E-state index in [9.17, 15) is 4.79 Å². The van der Waals surface area contributed by atoms with Gasteiger partial charge in [0.1, 0.15) is 0 Å². The molecule has 0 saturated heterocycles. The summed E-state index contributed by atoms with van der Waals surface area (Å²) >= 11 is 0. The predicted octanol–water partition coefficient (Wildman–Crippen LogP) is 3.36. The van der Waals surface area contributed by atoms with Crippen molar-refractivity contribution in [1.29, 1.82) is 0 Å². The van der Waals surface area contributed by atoms with E-state index >= 15 is 0 Å². The highest BCUT2D eigenvalue weighted by Gasteiger charge is 2.15. The zero-order valence-electron chi connectivity index (χ0n) is 10.9. The topological polar surface area (TPSA) is 39.2 Å². The van der Waals surface area contributed by atoms with Crippen LogP contribution in [0.15, 0.2) is 30.5 Å². The maximum absolute atomic E-state index is 12.1. The third kappa shape index (κ3) is 2.50. The molecule has 18 heavy (non-hydrogen) atoms. The van der Waals surface area contributed by atoms with Gasteiger partial charge >= 0.3 is 5.97 Å². The van der Waals surface area contributed by atoms with Crippen LogP contribution in [0.2, 0.25) is 0 Å². The number of fused-ring (bicyclic) bond motifs is 1. The molecule has 0 aliphatic heterocycles. The highest BCUT2D eigenvalue weighted by molar-refractivity contribution is 6.05. The lowest BCUT2D eigenvalue weighted by Gasteiger charge is -2.11. The van der Waals surface area contributed by atoms with Crippen molar-refractivity contribution in [3.8, 4) is 0 Å². The number of ether oxygens (including phenoxy) is 1. The number of esters is 1. The predicted molar refractivity (Wildman–Crippen MR) is 71.6 cm³/mol. The van der Waals surface area contributed by atoms with Crippen molar-refractivity contribution in [1.82, 2.24) is 4.98 Å². The van der Waals surface area contributed by atoms with Crippen LogP contribution in [0, 0.1) is 12.8 Å². The molecule has 1 heterocycles. The number of carbonyl (C=O) groups is 1. The normalized spacial score (nSPS) is 10.9. The Labute approximate surface area is 107 Å². The Kier molecular flexibility index (Phi) is 3.60. The molecule has 0 fully saturated rings. The van der Waals surface area contributed by atoms with E-state index in [4.69, 9.17) is 4.74 Å². The summed E-state index contributed by atoms with van der Waals surface area (Å²) in [6.45, 7) is 6.29. The molecule has 0 aliphatic carbocycles. The third-order valence-electron chi connectivity index (χ3n) is 2.74. The fraction of sp³-hybridized carbons (Fsp3) is 0.333. The minimum absolute atomic E-state index is 0.287. The van der Waals surface area contributed by atoms with E-state index in [2.05, 4.69) is 4.98 Å². The maximum atomic E-state index is 12.1. The molecule has 94 valence electrons. The Morgan fingerprint density at radius 1 is 1.33 bits per heavy atom. The first-order chi connectivity index (χ1) is 8.59. The maximum Gasteiger partial charge on any atom is 0.340 e. The zero-order valence-corrected chi connectivity index (χ0v) is 10.9. The Morgan fingerprint density at radius 3 is 2.78 bits per heavy atom. The number of hydrogen-bond donors (Lipinski definition) is 0. The van der Waals surface area contributed by atoms with Crippen molar-refractivity contribution in [2.24, 2.45) is 5.92 Å². The second-order valence-electron chi connectivity index (χ2n) is 4.80. The largest absolute Gasteiger partial charge is 0.462 e. The van der Waals surface area contributed by atoms with Gasteiger partial charge in [0.05, 0.1) is 17.9 Å². The van der Waals surface area contributed by atoms with Crippen molar-refractivity contribution in [3.63, 3.8) is 0 Å². The third-order valence-corrected chi connectivity index (χ3v) is 2.74. The first-order valence-electron chi connectivity index (χ1n) is 6.11. The van der Waals surface area contributed by atoms with Crippen LogP contribution in [0.25, 0.3) is 10.8 Å². The summed E-state index contributed by atoms with van der Waals surface area (Å²) in [5, 5.41) is 1.86. The van der Waals surface area contributed by atoms with Gasteiger partial charge in [0.25, 0.3) is 0 Å². The second kappa shape index (κ2) is 5.17. The molecular formula is C15H17NO2. The molecule has 0 atom stereocenters. The number of benzene rings is 1. The van der Waals surface area contributed by atoms with Gasteiger partial charge in [-0.1, -0.05) is 38.1 Å². The molecule has 0 aliphatic rings. The van der Waals surface area contributed by atoms with Gasteiger partial charge in [-0.15, -0.1) is 0 Å². The first-order valence-corrected chi connectivity index (χ1v) is 6.11. The highest BCUT2D eigenvalue weighted by Crippen LogP contribution is 2.21. The van der Waals surface area contributed by atoms with Crippen LogP contribution in [0.3, 0.4) is 0 Å². The lowest BCUT2D eigenvalue weighted by molar-refractivity contribution is 0.0460. The number of hydrogen-bond acceptors (Lipinski definition) is 3. The molecule has 0 amide bonds. The molecule has 2 aromatic rings. The molecule has 3 nitrogen and oxygen atoms in total. The number of rotatable bonds is 3. The average Bonchev–Trinajstić information content (AvgIpc) is 2.36. The number of carbonyl (C=O) groups excluding carboxylic acids is 1. The Morgan fingerprint density at radius 2 is 2.06 bits per heavy atom. The van der Waals surface area contributed by atoms with Crippen LogP contribution in [-0.2, 0) is 4.74 Å². The summed E-state index contributed by atoms with van der Waals surface area (Å²) in [5.74, 6) is 0.0442. The summed E-state index contributed by atoms with van der Waals surface area (Å²) in [6.07, 6.45) is 1.78. The van der Waals surface area contributed by atoms with Gasteiger partial charge in [-0.25, -0.2) is 4.79 Å². The highest BCUT2D eigenvalue weighted by atomic mass is 16.5. The number of pyridine rings is 1. The molecule has 1 aromatic carbocycles. The molecular weight excluding hydrogens is 226 g/mol. The van der Waals surface area contributed by atoms with Crippen molar-refractivity contribution in [2.75, 3.05) is 6.61 Å². The summed E-state index contributed by atoms with van der Waals surface area (Å²) in [7, 11) is 0. The Hall–Kier alpha value is -1.90. The zero-order chi connectivity index (χ0) is 13.1. The minimum Gasteiger partial charge on any atom is -0.462 e. The van der Waals surface area contributed by atoms with Gasteiger partial charge in [-0.3, -0.25) is 4.98 Å². The molecule has 0 unspecified atom stereocenters. The summed E-state index contributed by atoms with van der Waals surface area (Å²) in [6, 6.07) is 7.72. The Balaban J connectivity index is 2.42. The number of aryl methyl sites for hydroxylation is 1. The van der Waals surface area contributed by atoms with E-state index in [0.29, 0.717) is 23.8 Å². The van der Waals surface area contributed by atoms with E-state index in [1.165, 1.54) is 0 Å². The van der Waals surface area contributed by atoms with Crippen molar-refractivity contribution in [3.05, 3.63) is 41.7 Å². The van der Waals surface area contributed by atoms with Gasteiger partial charge < -0.3 is 4.74 Å². The Bertz CT molecular complexity index is 576. The average molecular weight is 243 g/mol. The lowest BCUT2D eigenvalue weighted by Crippen LogP contribution is -2.12. The molecule has 0 radical (unpaired) electrons. The number of nitrogens with zero attached hydrogens (tertiary/aromatic N) is 1. The van der Waals surface area contributed by atoms with Crippen molar-refractivity contribution < 1.29 is 9.53 Å². The molecule has 0 spiro atoms. The standard InChI is InChI=1S/C15H17NO2/c1-10(2)9-18-15(17)14-11(3)16-8-12-6-4-5-7-13(12)14/h4-8,10H,9H2,1-3H3. The molecule has 0 bridgehead atoms. The molecule has 1 aromatic heterocycles. The van der Waals surface area contributed by atoms with Crippen LogP contribution in [0.5, 0.6) is 0 Å². The van der Waals surface area contributed by atoms with Gasteiger partial charge in [-0.05, 0) is 18.2 Å². The monoisotopic (exact) mass is 243 g/mol. The minimum atomic E-state index is -0.287. The van der Waals surface area contributed by atoms with E-state index in [-0.39, 0.29) is 5.97 Å². The molecule has 2 rings (SSSR count). The SMILES string of the molecule is Cc1ncc2ccccc2c1C(=O)OCC(C)C. The van der Waals surface area contributed by atoms with Crippen LogP contribution in [0.4, 0.5) is 0 Å². The summed E-state index contributed by atoms with van der Waals surface area (Å²) in [4.78, 5) is 16.4. The van der Waals surface area contributed by atoms with E-state index < -0.39 is 0 Å². The van der Waals surface area contributed by atoms with E-state index in [1.54, 1.807) is 6.20 Å². The van der Waals surface area contributed by atoms with Crippen molar-refractivity contribution >= 4 is 16.7 Å². The molecule has 0 saturated carbocycles. The summed E-state index contributed by atoms with van der Waals surface area (Å²) < 4.78 is 5.30. The summed E-state index contributed by atoms with van der Waals surface area (Å²) in [5.41, 5.74) is 1.29. The van der Waals surface area contributed by atoms with Gasteiger partial charge in [0.2, 0.25) is 0 Å². The van der Waals surface area contributed by atoms with Crippen LogP contribution < -0.4 is 0 Å². The number of aromatic nitrogens is 1. The van der Waals surface area contributed by atoms with Crippen molar-refractivity contribution in [2.45, 2.75) is 20.8 Å². The van der Waals surface area contributed by atoms with Crippen LogP contribution >= 0.6 is 0 Å².